The van der Waals surface area contributed by atoms with Gasteiger partial charge in [-0.1, -0.05) is 6.92 Å². The third kappa shape index (κ3) is 6.04. The van der Waals surface area contributed by atoms with Crippen molar-refractivity contribution in [2.24, 2.45) is 5.73 Å². The summed E-state index contributed by atoms with van der Waals surface area (Å²) in [5, 5.41) is 11.1. The third-order valence-corrected chi connectivity index (χ3v) is 2.21. The van der Waals surface area contributed by atoms with Gasteiger partial charge in [0.1, 0.15) is 0 Å². The van der Waals surface area contributed by atoms with Gasteiger partial charge in [-0.05, 0) is 12.8 Å². The van der Waals surface area contributed by atoms with Gasteiger partial charge in [-0.15, -0.1) is 12.3 Å². The smallest absolute Gasteiger partial charge is 0.303 e. The second kappa shape index (κ2) is 7.71. The number of carbonyl (C=O) groups excluding carboxylic acids is 1. The maximum atomic E-state index is 11.5. The Labute approximate surface area is 95.4 Å². The van der Waals surface area contributed by atoms with Crippen LogP contribution in [0.15, 0.2) is 0 Å². The molecule has 4 N–H and O–H groups in total. The molecule has 0 aromatic carbocycles. The number of carboxylic acid groups (broad SMARTS) is 1. The molecule has 2 unspecified atom stereocenters. The van der Waals surface area contributed by atoms with E-state index in [1.807, 2.05) is 6.92 Å². The molecule has 2 atom stereocenters. The number of aliphatic carboxylic acids is 1. The van der Waals surface area contributed by atoms with Crippen molar-refractivity contribution in [3.63, 3.8) is 0 Å². The predicted molar refractivity (Wildman–Crippen MR) is 60.5 cm³/mol. The van der Waals surface area contributed by atoms with E-state index in [1.54, 1.807) is 0 Å². The van der Waals surface area contributed by atoms with E-state index in [9.17, 15) is 9.59 Å². The average Bonchev–Trinajstić information content (AvgIpc) is 2.24. The van der Waals surface area contributed by atoms with Crippen molar-refractivity contribution in [2.75, 3.05) is 0 Å². The van der Waals surface area contributed by atoms with Gasteiger partial charge >= 0.3 is 5.97 Å². The van der Waals surface area contributed by atoms with Crippen LogP contribution in [0.5, 0.6) is 0 Å². The minimum atomic E-state index is -0.959. The molecule has 90 valence electrons. The monoisotopic (exact) mass is 226 g/mol. The zero-order valence-corrected chi connectivity index (χ0v) is 9.40. The maximum absolute atomic E-state index is 11.5. The van der Waals surface area contributed by atoms with Gasteiger partial charge in [0.05, 0.1) is 6.04 Å². The number of hydrogen-bond acceptors (Lipinski definition) is 3. The highest BCUT2D eigenvalue weighted by atomic mass is 16.4. The molecular weight excluding hydrogens is 208 g/mol. The summed E-state index contributed by atoms with van der Waals surface area (Å²) >= 11 is 0. The van der Waals surface area contributed by atoms with E-state index in [-0.39, 0.29) is 24.8 Å². The summed E-state index contributed by atoms with van der Waals surface area (Å²) in [6.45, 7) is 1.91. The Balaban J connectivity index is 4.03. The number of rotatable bonds is 7. The lowest BCUT2D eigenvalue weighted by Gasteiger charge is -2.17. The summed E-state index contributed by atoms with van der Waals surface area (Å²) in [4.78, 5) is 21.8. The summed E-state index contributed by atoms with van der Waals surface area (Å²) in [5.41, 5.74) is 5.54. The van der Waals surface area contributed by atoms with E-state index in [2.05, 4.69) is 11.2 Å². The number of nitrogens with two attached hydrogens (primary N) is 1. The van der Waals surface area contributed by atoms with Crippen LogP contribution >= 0.6 is 0 Å². The molecule has 0 rings (SSSR count). The highest BCUT2D eigenvalue weighted by molar-refractivity contribution is 5.82. The summed E-state index contributed by atoms with van der Waals surface area (Å²) in [6.07, 6.45) is 6.34. The molecule has 0 aliphatic rings. The maximum Gasteiger partial charge on any atom is 0.303 e. The molecule has 0 saturated carbocycles. The molecule has 0 aliphatic carbocycles. The van der Waals surface area contributed by atoms with Gasteiger partial charge in [0.15, 0.2) is 0 Å². The Bertz CT molecular complexity index is 283. The first-order chi connectivity index (χ1) is 7.51. The van der Waals surface area contributed by atoms with Gasteiger partial charge in [0, 0.05) is 18.9 Å². The molecular formula is C11H18N2O3. The minimum absolute atomic E-state index is 0.0895. The molecule has 0 aromatic rings. The van der Waals surface area contributed by atoms with Crippen LogP contribution in [0, 0.1) is 12.3 Å². The van der Waals surface area contributed by atoms with E-state index in [1.165, 1.54) is 0 Å². The number of hydrogen-bond donors (Lipinski definition) is 3. The van der Waals surface area contributed by atoms with Crippen LogP contribution < -0.4 is 11.1 Å². The van der Waals surface area contributed by atoms with E-state index >= 15 is 0 Å². The Morgan fingerprint density at radius 2 is 2.19 bits per heavy atom. The average molecular weight is 226 g/mol. The number of carbonyl (C=O) groups is 2. The Morgan fingerprint density at radius 1 is 1.56 bits per heavy atom. The molecule has 16 heavy (non-hydrogen) atoms. The van der Waals surface area contributed by atoms with Crippen LogP contribution in [0.2, 0.25) is 0 Å². The fraction of sp³-hybridized carbons (Fsp3) is 0.636. The van der Waals surface area contributed by atoms with Crippen LogP contribution in [0.4, 0.5) is 0 Å². The van der Waals surface area contributed by atoms with Crippen molar-refractivity contribution in [3.05, 3.63) is 0 Å². The van der Waals surface area contributed by atoms with Crippen molar-refractivity contribution in [2.45, 2.75) is 44.7 Å². The Morgan fingerprint density at radius 3 is 2.62 bits per heavy atom. The first kappa shape index (κ1) is 14.5. The van der Waals surface area contributed by atoms with Crippen LogP contribution in [0.1, 0.15) is 32.6 Å². The second-order valence-electron chi connectivity index (χ2n) is 3.56. The number of terminal acetylenes is 1. The molecule has 0 aromatic heterocycles. The van der Waals surface area contributed by atoms with E-state index in [4.69, 9.17) is 17.3 Å². The second-order valence-corrected chi connectivity index (χ2v) is 3.56. The number of carboxylic acids is 1. The van der Waals surface area contributed by atoms with Gasteiger partial charge in [-0.2, -0.15) is 0 Å². The van der Waals surface area contributed by atoms with Crippen LogP contribution in [0.3, 0.4) is 0 Å². The number of amides is 1. The van der Waals surface area contributed by atoms with Gasteiger partial charge < -0.3 is 16.2 Å². The van der Waals surface area contributed by atoms with Gasteiger partial charge in [0.25, 0.3) is 0 Å². The van der Waals surface area contributed by atoms with Crippen LogP contribution in [0.25, 0.3) is 0 Å². The minimum Gasteiger partial charge on any atom is -0.481 e. The normalized spacial score (nSPS) is 13.6. The van der Waals surface area contributed by atoms with Crippen molar-refractivity contribution >= 4 is 11.9 Å². The van der Waals surface area contributed by atoms with Crippen molar-refractivity contribution in [3.8, 4) is 12.3 Å². The Hall–Kier alpha value is -1.54. The summed E-state index contributed by atoms with van der Waals surface area (Å²) < 4.78 is 0. The number of nitrogens with one attached hydrogen (secondary N) is 1. The zero-order valence-electron chi connectivity index (χ0n) is 9.40. The van der Waals surface area contributed by atoms with Gasteiger partial charge in [0.2, 0.25) is 5.91 Å². The topological polar surface area (TPSA) is 92.4 Å². The highest BCUT2D eigenvalue weighted by Crippen LogP contribution is 1.99. The lowest BCUT2D eigenvalue weighted by molar-refractivity contribution is -0.137. The molecule has 5 heteroatoms. The quantitative estimate of drug-likeness (QED) is 0.537. The summed E-state index contributed by atoms with van der Waals surface area (Å²) in [7, 11) is 0. The van der Waals surface area contributed by atoms with Gasteiger partial charge in [-0.3, -0.25) is 9.59 Å². The molecule has 0 radical (unpaired) electrons. The highest BCUT2D eigenvalue weighted by Gasteiger charge is 2.17. The molecule has 0 aliphatic heterocycles. The van der Waals surface area contributed by atoms with Crippen LogP contribution in [-0.2, 0) is 9.59 Å². The SMILES string of the molecule is C#CCC(CC)NC(=O)C(N)CCC(=O)O. The molecule has 0 bridgehead atoms. The first-order valence-corrected chi connectivity index (χ1v) is 5.22. The first-order valence-electron chi connectivity index (χ1n) is 5.22. The third-order valence-electron chi connectivity index (χ3n) is 2.21. The predicted octanol–water partition coefficient (Wildman–Crippen LogP) is 0.0966. The van der Waals surface area contributed by atoms with E-state index < -0.39 is 12.0 Å². The zero-order chi connectivity index (χ0) is 12.6. The van der Waals surface area contributed by atoms with Crippen molar-refractivity contribution < 1.29 is 14.7 Å². The standard InChI is InChI=1S/C11H18N2O3/c1-3-5-8(4-2)13-11(16)9(12)6-7-10(14)15/h1,8-9H,4-7,12H2,2H3,(H,13,16)(H,14,15). The Kier molecular flexibility index (Phi) is 6.97. The van der Waals surface area contributed by atoms with Crippen LogP contribution in [-0.4, -0.2) is 29.1 Å². The summed E-state index contributed by atoms with van der Waals surface area (Å²) in [6, 6.07) is -0.878. The van der Waals surface area contributed by atoms with Gasteiger partial charge in [-0.25, -0.2) is 0 Å². The molecule has 0 spiro atoms. The van der Waals surface area contributed by atoms with E-state index in [0.29, 0.717) is 6.42 Å². The van der Waals surface area contributed by atoms with Crippen molar-refractivity contribution in [1.29, 1.82) is 0 Å². The van der Waals surface area contributed by atoms with E-state index in [0.717, 1.165) is 6.42 Å². The molecule has 1 amide bonds. The fourth-order valence-corrected chi connectivity index (χ4v) is 1.16. The van der Waals surface area contributed by atoms with Crippen molar-refractivity contribution in [1.82, 2.24) is 5.32 Å². The molecule has 0 fully saturated rings. The summed E-state index contributed by atoms with van der Waals surface area (Å²) in [5.74, 6) is 1.16. The molecule has 0 heterocycles. The lowest BCUT2D eigenvalue weighted by Crippen LogP contribution is -2.45. The largest absolute Gasteiger partial charge is 0.481 e. The lowest BCUT2D eigenvalue weighted by atomic mass is 10.1. The fourth-order valence-electron chi connectivity index (χ4n) is 1.16. The molecule has 0 saturated heterocycles. The molecule has 5 nitrogen and oxygen atoms in total.